The van der Waals surface area contributed by atoms with E-state index in [9.17, 15) is 17.6 Å². The van der Waals surface area contributed by atoms with Gasteiger partial charge in [-0.1, -0.05) is 5.16 Å². The summed E-state index contributed by atoms with van der Waals surface area (Å²) in [5.74, 6) is -1.16. The van der Waals surface area contributed by atoms with Crippen LogP contribution in [0.5, 0.6) is 0 Å². The highest BCUT2D eigenvalue weighted by atomic mass is 19.4. The molecule has 1 aromatic heterocycles. The van der Waals surface area contributed by atoms with Gasteiger partial charge in [-0.2, -0.15) is 18.2 Å². The van der Waals surface area contributed by atoms with Crippen LogP contribution in [0.25, 0.3) is 11.5 Å². The summed E-state index contributed by atoms with van der Waals surface area (Å²) in [7, 11) is 0. The summed E-state index contributed by atoms with van der Waals surface area (Å²) in [4.78, 5) is 3.88. The monoisotopic (exact) mass is 275 g/mol. The zero-order chi connectivity index (χ0) is 14.0. The van der Waals surface area contributed by atoms with Crippen molar-refractivity contribution < 1.29 is 22.1 Å². The van der Waals surface area contributed by atoms with Gasteiger partial charge in [0.1, 0.15) is 5.82 Å². The number of hydrogen-bond donors (Lipinski definition) is 1. The summed E-state index contributed by atoms with van der Waals surface area (Å²) < 4.78 is 55.6. The standard InChI is InChI=1S/C11H9F4N3O/c12-8-2-1-6(5-7(8)11(13,14)15)10-17-9(3-4-16)18-19-10/h1-2,5H,3-4,16H2. The molecular weight excluding hydrogens is 266 g/mol. The molecule has 0 aliphatic carbocycles. The van der Waals surface area contributed by atoms with Crippen LogP contribution in [0.2, 0.25) is 0 Å². The number of nitrogens with two attached hydrogens (primary N) is 1. The van der Waals surface area contributed by atoms with Gasteiger partial charge in [0.05, 0.1) is 5.56 Å². The maximum Gasteiger partial charge on any atom is 0.419 e. The van der Waals surface area contributed by atoms with Gasteiger partial charge in [-0.05, 0) is 24.7 Å². The van der Waals surface area contributed by atoms with E-state index in [0.29, 0.717) is 18.6 Å². The fraction of sp³-hybridized carbons (Fsp3) is 0.273. The summed E-state index contributed by atoms with van der Waals surface area (Å²) >= 11 is 0. The molecule has 0 bridgehead atoms. The van der Waals surface area contributed by atoms with E-state index in [4.69, 9.17) is 10.3 Å². The third kappa shape index (κ3) is 2.90. The van der Waals surface area contributed by atoms with Gasteiger partial charge in [0.25, 0.3) is 5.89 Å². The number of halogens is 4. The molecule has 2 N–H and O–H groups in total. The lowest BCUT2D eigenvalue weighted by Crippen LogP contribution is -2.08. The Kier molecular flexibility index (Phi) is 3.52. The van der Waals surface area contributed by atoms with Gasteiger partial charge < -0.3 is 10.3 Å². The van der Waals surface area contributed by atoms with Crippen molar-refractivity contribution in [1.82, 2.24) is 10.1 Å². The molecule has 2 aromatic rings. The minimum Gasteiger partial charge on any atom is -0.334 e. The Hall–Kier alpha value is -1.96. The van der Waals surface area contributed by atoms with Crippen LogP contribution in [0.1, 0.15) is 11.4 Å². The highest BCUT2D eigenvalue weighted by molar-refractivity contribution is 5.54. The van der Waals surface area contributed by atoms with Gasteiger partial charge in [-0.15, -0.1) is 0 Å². The molecule has 1 heterocycles. The Morgan fingerprint density at radius 2 is 2.00 bits per heavy atom. The van der Waals surface area contributed by atoms with Crippen molar-refractivity contribution in [1.29, 1.82) is 0 Å². The molecular formula is C11H9F4N3O. The van der Waals surface area contributed by atoms with Crippen molar-refractivity contribution in [2.24, 2.45) is 5.73 Å². The van der Waals surface area contributed by atoms with Crippen LogP contribution in [0, 0.1) is 5.82 Å². The Balaban J connectivity index is 2.39. The fourth-order valence-electron chi connectivity index (χ4n) is 1.48. The van der Waals surface area contributed by atoms with Crippen molar-refractivity contribution in [3.05, 3.63) is 35.4 Å². The zero-order valence-corrected chi connectivity index (χ0v) is 9.54. The molecule has 0 saturated heterocycles. The van der Waals surface area contributed by atoms with Crippen LogP contribution in [0.15, 0.2) is 22.7 Å². The molecule has 1 aromatic carbocycles. The second-order valence-electron chi connectivity index (χ2n) is 3.75. The molecule has 0 aliphatic heterocycles. The Morgan fingerprint density at radius 1 is 1.26 bits per heavy atom. The number of nitrogens with zero attached hydrogens (tertiary/aromatic N) is 2. The minimum absolute atomic E-state index is 0.00416. The number of alkyl halides is 3. The van der Waals surface area contributed by atoms with Crippen molar-refractivity contribution in [2.75, 3.05) is 6.54 Å². The Labute approximate surface area is 105 Å². The first-order chi connectivity index (χ1) is 8.91. The highest BCUT2D eigenvalue weighted by Gasteiger charge is 2.34. The van der Waals surface area contributed by atoms with Gasteiger partial charge in [-0.3, -0.25) is 0 Å². The quantitative estimate of drug-likeness (QED) is 0.873. The first-order valence-corrected chi connectivity index (χ1v) is 5.31. The molecule has 0 aliphatic rings. The van der Waals surface area contributed by atoms with Crippen molar-refractivity contribution >= 4 is 0 Å². The minimum atomic E-state index is -4.78. The van der Waals surface area contributed by atoms with Crippen molar-refractivity contribution in [3.8, 4) is 11.5 Å². The van der Waals surface area contributed by atoms with Crippen LogP contribution in [-0.4, -0.2) is 16.7 Å². The predicted octanol–water partition coefficient (Wildman–Crippen LogP) is 2.40. The number of rotatable bonds is 3. The molecule has 19 heavy (non-hydrogen) atoms. The second-order valence-corrected chi connectivity index (χ2v) is 3.75. The van der Waals surface area contributed by atoms with E-state index in [1.165, 1.54) is 0 Å². The molecule has 0 atom stereocenters. The van der Waals surface area contributed by atoms with Crippen LogP contribution in [0.3, 0.4) is 0 Å². The van der Waals surface area contributed by atoms with E-state index in [2.05, 4.69) is 10.1 Å². The molecule has 0 radical (unpaired) electrons. The van der Waals surface area contributed by atoms with E-state index in [-0.39, 0.29) is 23.8 Å². The lowest BCUT2D eigenvalue weighted by molar-refractivity contribution is -0.139. The topological polar surface area (TPSA) is 64.9 Å². The lowest BCUT2D eigenvalue weighted by atomic mass is 10.1. The van der Waals surface area contributed by atoms with Crippen molar-refractivity contribution in [3.63, 3.8) is 0 Å². The van der Waals surface area contributed by atoms with E-state index in [1.807, 2.05) is 0 Å². The SMILES string of the molecule is NCCc1noc(-c2ccc(F)c(C(F)(F)F)c2)n1. The maximum atomic E-state index is 13.1. The molecule has 0 saturated carbocycles. The van der Waals surface area contributed by atoms with E-state index >= 15 is 0 Å². The first kappa shape index (κ1) is 13.5. The molecule has 0 fully saturated rings. The lowest BCUT2D eigenvalue weighted by Gasteiger charge is -2.08. The molecule has 0 unspecified atom stereocenters. The largest absolute Gasteiger partial charge is 0.419 e. The molecule has 0 amide bonds. The van der Waals surface area contributed by atoms with E-state index < -0.39 is 17.6 Å². The average molecular weight is 275 g/mol. The van der Waals surface area contributed by atoms with Crippen LogP contribution in [-0.2, 0) is 12.6 Å². The van der Waals surface area contributed by atoms with Crippen LogP contribution >= 0.6 is 0 Å². The number of benzene rings is 1. The van der Waals surface area contributed by atoms with E-state index in [0.717, 1.165) is 6.07 Å². The van der Waals surface area contributed by atoms with Gasteiger partial charge in [-0.25, -0.2) is 4.39 Å². The second kappa shape index (κ2) is 4.96. The molecule has 4 nitrogen and oxygen atoms in total. The normalized spacial score (nSPS) is 11.8. The Morgan fingerprint density at radius 3 is 2.63 bits per heavy atom. The predicted molar refractivity (Wildman–Crippen MR) is 57.5 cm³/mol. The van der Waals surface area contributed by atoms with E-state index in [1.54, 1.807) is 0 Å². The van der Waals surface area contributed by atoms with Crippen LogP contribution < -0.4 is 5.73 Å². The summed E-state index contributed by atoms with van der Waals surface area (Å²) in [5, 5.41) is 3.56. The van der Waals surface area contributed by atoms with Gasteiger partial charge in [0.15, 0.2) is 5.82 Å². The average Bonchev–Trinajstić information content (AvgIpc) is 2.77. The molecule has 0 spiro atoms. The molecule has 102 valence electrons. The van der Waals surface area contributed by atoms with Gasteiger partial charge in [0, 0.05) is 12.0 Å². The summed E-state index contributed by atoms with van der Waals surface area (Å²) in [6, 6.07) is 2.49. The van der Waals surface area contributed by atoms with Gasteiger partial charge in [0.2, 0.25) is 0 Å². The highest BCUT2D eigenvalue weighted by Crippen LogP contribution is 2.33. The summed E-state index contributed by atoms with van der Waals surface area (Å²) in [6.45, 7) is 0.288. The smallest absolute Gasteiger partial charge is 0.334 e. The number of hydrogen-bond acceptors (Lipinski definition) is 4. The molecule has 8 heteroatoms. The van der Waals surface area contributed by atoms with Crippen LogP contribution in [0.4, 0.5) is 17.6 Å². The third-order valence-corrected chi connectivity index (χ3v) is 2.35. The fourth-order valence-corrected chi connectivity index (χ4v) is 1.48. The third-order valence-electron chi connectivity index (χ3n) is 2.35. The summed E-state index contributed by atoms with van der Waals surface area (Å²) in [6.07, 6.45) is -4.43. The molecule has 2 rings (SSSR count). The van der Waals surface area contributed by atoms with Crippen molar-refractivity contribution in [2.45, 2.75) is 12.6 Å². The van der Waals surface area contributed by atoms with Gasteiger partial charge >= 0.3 is 6.18 Å². The first-order valence-electron chi connectivity index (χ1n) is 5.31. The maximum absolute atomic E-state index is 13.1. The zero-order valence-electron chi connectivity index (χ0n) is 9.54. The summed E-state index contributed by atoms with van der Waals surface area (Å²) in [5.41, 5.74) is 3.92. The Bertz CT molecular complexity index is 580. The number of aromatic nitrogens is 2.